The van der Waals surface area contributed by atoms with Gasteiger partial charge in [-0.15, -0.1) is 0 Å². The van der Waals surface area contributed by atoms with Crippen LogP contribution in [0.5, 0.6) is 0 Å². The van der Waals surface area contributed by atoms with E-state index < -0.39 is 57.8 Å². The van der Waals surface area contributed by atoms with E-state index in [2.05, 4.69) is 57.2 Å². The summed E-state index contributed by atoms with van der Waals surface area (Å²) in [6, 6.07) is 0. The second-order valence-corrected chi connectivity index (χ2v) is 20.9. The fraction of sp³-hybridized carbons (Fsp3) is 0.845. The molecule has 0 aromatic carbocycles. The molecule has 0 fully saturated rings. The first-order valence-electron chi connectivity index (χ1n) is 28.9. The summed E-state index contributed by atoms with van der Waals surface area (Å²) >= 11 is 0. The minimum absolute atomic E-state index is 0.169. The van der Waals surface area contributed by atoms with E-state index in [1.165, 1.54) is 128 Å². The molecule has 0 aliphatic rings. The van der Waals surface area contributed by atoms with Gasteiger partial charge in [-0.1, -0.05) is 243 Å². The van der Waals surface area contributed by atoms with Crippen LogP contribution in [0.25, 0.3) is 0 Å². The number of aliphatic hydroxyl groups is 1. The zero-order chi connectivity index (χ0) is 51.3. The molecule has 70 heavy (non-hydrogen) atoms. The second kappa shape index (κ2) is 53.0. The molecule has 0 bridgehead atoms. The third-order valence-electron chi connectivity index (χ3n) is 12.6. The zero-order valence-corrected chi connectivity index (χ0v) is 46.1. The van der Waals surface area contributed by atoms with Gasteiger partial charge in [0, 0.05) is 19.3 Å². The maximum atomic E-state index is 12.9. The molecule has 0 aliphatic heterocycles. The molecule has 0 aliphatic carbocycles. The molecule has 0 rings (SSSR count). The van der Waals surface area contributed by atoms with E-state index in [0.717, 1.165) is 89.9 Å². The largest absolute Gasteiger partial charge is 0.472 e. The lowest BCUT2D eigenvalue weighted by Gasteiger charge is -2.21. The first-order chi connectivity index (χ1) is 34.2. The molecular formula is C58H107O11P. The van der Waals surface area contributed by atoms with Crippen molar-refractivity contribution in [3.05, 3.63) is 36.5 Å². The van der Waals surface area contributed by atoms with Gasteiger partial charge in [0.15, 0.2) is 6.10 Å². The van der Waals surface area contributed by atoms with Gasteiger partial charge < -0.3 is 24.2 Å². The standard InChI is InChI=1S/C58H107O11P/c1-4-7-10-13-16-19-22-25-27-30-32-35-38-41-44-47-56(60)65-51-55(69-58(62)49-46-43-40-37-34-31-28-26-23-20-17-14-11-8-5-2)53-67-70(63,64)66-52-54(50-59)68-57(61)48-45-42-39-36-33-29-24-21-18-15-12-9-6-3/h7,10,16,19,25,27,54-55,59H,4-6,8-9,11-15,17-18,20-24,26,28-53H2,1-3H3,(H,63,64)/b10-7-,19-16-,27-25-. The number of unbranched alkanes of at least 4 members (excludes halogenated alkanes) is 31. The molecule has 3 unspecified atom stereocenters. The van der Waals surface area contributed by atoms with Gasteiger partial charge in [0.05, 0.1) is 19.8 Å². The molecule has 0 saturated carbocycles. The minimum atomic E-state index is -4.74. The Labute approximate surface area is 429 Å². The van der Waals surface area contributed by atoms with Crippen molar-refractivity contribution in [1.82, 2.24) is 0 Å². The highest BCUT2D eigenvalue weighted by Gasteiger charge is 2.28. The highest BCUT2D eigenvalue weighted by Crippen LogP contribution is 2.43. The van der Waals surface area contributed by atoms with Gasteiger partial charge in [-0.3, -0.25) is 23.4 Å². The summed E-state index contributed by atoms with van der Waals surface area (Å²) in [5.74, 6) is -1.46. The van der Waals surface area contributed by atoms with Crippen molar-refractivity contribution in [3.63, 3.8) is 0 Å². The second-order valence-electron chi connectivity index (χ2n) is 19.4. The van der Waals surface area contributed by atoms with E-state index in [9.17, 15) is 28.9 Å². The molecule has 0 heterocycles. The van der Waals surface area contributed by atoms with Crippen LogP contribution < -0.4 is 0 Å². The van der Waals surface area contributed by atoms with Crippen LogP contribution >= 0.6 is 7.82 Å². The van der Waals surface area contributed by atoms with Gasteiger partial charge in [-0.05, 0) is 51.4 Å². The topological polar surface area (TPSA) is 155 Å². The highest BCUT2D eigenvalue weighted by atomic mass is 31.2. The number of aliphatic hydroxyl groups excluding tert-OH is 1. The Balaban J connectivity index is 4.71. The summed E-state index contributed by atoms with van der Waals surface area (Å²) in [5, 5.41) is 9.80. The molecule has 3 atom stereocenters. The van der Waals surface area contributed by atoms with Crippen molar-refractivity contribution >= 4 is 25.7 Å². The SMILES string of the molecule is CC/C=C\C/C=C\C/C=C\CCCCCCCC(=O)OCC(COP(=O)(O)OCC(CO)OC(=O)CCCCCCCCCCCCCCC)OC(=O)CCCCCCCCCCCCCCCCC. The maximum Gasteiger partial charge on any atom is 0.472 e. The number of carbonyl (C=O) groups excluding carboxylic acids is 3. The Hall–Kier alpha value is -2.30. The summed E-state index contributed by atoms with van der Waals surface area (Å²) in [7, 11) is -4.74. The van der Waals surface area contributed by atoms with Gasteiger partial charge in [-0.2, -0.15) is 0 Å². The van der Waals surface area contributed by atoms with Crippen LogP contribution in [0.4, 0.5) is 0 Å². The van der Waals surface area contributed by atoms with Crippen LogP contribution in [-0.4, -0.2) is 66.5 Å². The molecule has 11 nitrogen and oxygen atoms in total. The Morgan fingerprint density at radius 3 is 1.14 bits per heavy atom. The normalized spacial score (nSPS) is 13.6. The van der Waals surface area contributed by atoms with Crippen molar-refractivity contribution in [2.24, 2.45) is 0 Å². The van der Waals surface area contributed by atoms with E-state index in [4.69, 9.17) is 23.3 Å². The molecule has 0 saturated heterocycles. The first kappa shape index (κ1) is 67.7. The van der Waals surface area contributed by atoms with Gasteiger partial charge in [-0.25, -0.2) is 4.57 Å². The van der Waals surface area contributed by atoms with Crippen molar-refractivity contribution in [2.45, 2.75) is 290 Å². The van der Waals surface area contributed by atoms with Crippen LogP contribution in [0.2, 0.25) is 0 Å². The summed E-state index contributed by atoms with van der Waals surface area (Å²) in [5.41, 5.74) is 0. The van der Waals surface area contributed by atoms with Crippen LogP contribution in [0.3, 0.4) is 0 Å². The van der Waals surface area contributed by atoms with Gasteiger partial charge in [0.25, 0.3) is 0 Å². The summed E-state index contributed by atoms with van der Waals surface area (Å²) in [6.07, 6.45) is 53.8. The molecule has 0 aromatic heterocycles. The van der Waals surface area contributed by atoms with Crippen molar-refractivity contribution < 1.29 is 52.2 Å². The number of phosphoric acid groups is 1. The monoisotopic (exact) mass is 1010 g/mol. The van der Waals surface area contributed by atoms with E-state index in [-0.39, 0.29) is 25.9 Å². The van der Waals surface area contributed by atoms with E-state index in [0.29, 0.717) is 19.3 Å². The average molecular weight is 1010 g/mol. The Kier molecular flexibility index (Phi) is 51.3. The molecule has 0 amide bonds. The third-order valence-corrected chi connectivity index (χ3v) is 13.5. The summed E-state index contributed by atoms with van der Waals surface area (Å²) in [4.78, 5) is 48.5. The summed E-state index contributed by atoms with van der Waals surface area (Å²) in [6.45, 7) is 4.55. The number of esters is 3. The minimum Gasteiger partial charge on any atom is -0.462 e. The third kappa shape index (κ3) is 50.6. The lowest BCUT2D eigenvalue weighted by Crippen LogP contribution is -2.30. The Morgan fingerprint density at radius 2 is 0.743 bits per heavy atom. The Morgan fingerprint density at radius 1 is 0.414 bits per heavy atom. The molecular weight excluding hydrogens is 904 g/mol. The van der Waals surface area contributed by atoms with Crippen LogP contribution in [0.1, 0.15) is 278 Å². The van der Waals surface area contributed by atoms with E-state index in [1.54, 1.807) is 0 Å². The van der Waals surface area contributed by atoms with Gasteiger partial charge in [0.2, 0.25) is 0 Å². The van der Waals surface area contributed by atoms with Crippen molar-refractivity contribution in [2.75, 3.05) is 26.4 Å². The molecule has 12 heteroatoms. The van der Waals surface area contributed by atoms with E-state index in [1.807, 2.05) is 0 Å². The lowest BCUT2D eigenvalue weighted by atomic mass is 10.0. The highest BCUT2D eigenvalue weighted by molar-refractivity contribution is 7.47. The average Bonchev–Trinajstić information content (AvgIpc) is 3.35. The van der Waals surface area contributed by atoms with Crippen LogP contribution in [0, 0.1) is 0 Å². The first-order valence-corrected chi connectivity index (χ1v) is 30.4. The molecule has 0 spiro atoms. The number of carbonyl (C=O) groups is 3. The smallest absolute Gasteiger partial charge is 0.462 e. The molecule has 410 valence electrons. The van der Waals surface area contributed by atoms with Crippen molar-refractivity contribution in [3.8, 4) is 0 Å². The van der Waals surface area contributed by atoms with E-state index >= 15 is 0 Å². The predicted octanol–water partition coefficient (Wildman–Crippen LogP) is 16.8. The summed E-state index contributed by atoms with van der Waals surface area (Å²) < 4.78 is 39.5. The Bertz CT molecular complexity index is 1320. The van der Waals surface area contributed by atoms with Gasteiger partial charge >= 0.3 is 25.7 Å². The zero-order valence-electron chi connectivity index (χ0n) is 45.2. The number of rotatable bonds is 54. The van der Waals surface area contributed by atoms with Crippen LogP contribution in [-0.2, 0) is 42.2 Å². The van der Waals surface area contributed by atoms with Crippen molar-refractivity contribution in [1.29, 1.82) is 0 Å². The maximum absolute atomic E-state index is 12.9. The fourth-order valence-electron chi connectivity index (χ4n) is 8.20. The quantitative estimate of drug-likeness (QED) is 0.0197. The lowest BCUT2D eigenvalue weighted by molar-refractivity contribution is -0.161. The van der Waals surface area contributed by atoms with Gasteiger partial charge in [0.1, 0.15) is 12.7 Å². The number of allylic oxidation sites excluding steroid dienone is 6. The molecule has 2 N–H and O–H groups in total. The van der Waals surface area contributed by atoms with Crippen LogP contribution in [0.15, 0.2) is 36.5 Å². The predicted molar refractivity (Wildman–Crippen MR) is 289 cm³/mol. The molecule has 0 aromatic rings. The number of hydrogen-bond donors (Lipinski definition) is 2. The molecule has 0 radical (unpaired) electrons. The fourth-order valence-corrected chi connectivity index (χ4v) is 8.98. The number of hydrogen-bond acceptors (Lipinski definition) is 10. The number of ether oxygens (including phenoxy) is 3. The number of phosphoric ester groups is 1.